The normalized spacial score (nSPS) is 15.1. The molecular weight excluding hydrogens is 536 g/mol. The summed E-state index contributed by atoms with van der Waals surface area (Å²) in [5.41, 5.74) is 3.19. The molecule has 0 saturated carbocycles. The number of fused-ring (bicyclic) bond motifs is 1. The summed E-state index contributed by atoms with van der Waals surface area (Å²) in [7, 11) is -1.47. The Labute approximate surface area is 250 Å². The number of piperidine rings is 1. The molecule has 6 rings (SSSR count). The number of hydrogen-bond acceptors (Lipinski definition) is 3. The van der Waals surface area contributed by atoms with Crippen LogP contribution >= 0.6 is 0 Å². The van der Waals surface area contributed by atoms with Crippen LogP contribution in [0.15, 0.2) is 137 Å². The topological polar surface area (TPSA) is 49.4 Å². The van der Waals surface area contributed by atoms with Crippen molar-refractivity contribution in [1.82, 2.24) is 10.2 Å². The number of hydrogen-bond donors (Lipinski definition) is 1. The fourth-order valence-electron chi connectivity index (χ4n) is 6.06. The number of nitrogens with zero attached hydrogens (tertiary/aromatic N) is 1. The van der Waals surface area contributed by atoms with E-state index in [1.165, 1.54) is 11.1 Å². The Hall–Kier alpha value is -4.06. The Morgan fingerprint density at radius 3 is 2.00 bits per heavy atom. The smallest absolute Gasteiger partial charge is 0.252 e. The molecule has 1 fully saturated rings. The van der Waals surface area contributed by atoms with Gasteiger partial charge in [0.25, 0.3) is 5.91 Å². The van der Waals surface area contributed by atoms with Gasteiger partial charge in [0.2, 0.25) is 0 Å². The minimum Gasteiger partial charge on any atom is -0.349 e. The molecule has 1 aliphatic rings. The second kappa shape index (κ2) is 13.3. The number of carbonyl (C=O) groups excluding carboxylic acids is 1. The quantitative estimate of drug-likeness (QED) is 0.200. The minimum atomic E-state index is -1.47. The number of benzene rings is 5. The summed E-state index contributed by atoms with van der Waals surface area (Å²) in [6, 6.07) is 42.7. The van der Waals surface area contributed by atoms with Crippen LogP contribution in [0.25, 0.3) is 10.8 Å². The first-order chi connectivity index (χ1) is 20.7. The van der Waals surface area contributed by atoms with E-state index >= 15 is 0 Å². The van der Waals surface area contributed by atoms with Crippen molar-refractivity contribution >= 4 is 27.5 Å². The first kappa shape index (κ1) is 28.1. The van der Waals surface area contributed by atoms with E-state index in [1.807, 2.05) is 60.7 Å². The van der Waals surface area contributed by atoms with E-state index in [1.54, 1.807) is 6.07 Å². The molecule has 42 heavy (non-hydrogen) atoms. The van der Waals surface area contributed by atoms with Crippen molar-refractivity contribution < 1.29 is 9.00 Å². The molecule has 0 aliphatic carbocycles. The average Bonchev–Trinajstić information content (AvgIpc) is 3.06. The summed E-state index contributed by atoms with van der Waals surface area (Å²) in [5, 5.41) is 5.24. The molecule has 1 saturated heterocycles. The number of rotatable bonds is 9. The summed E-state index contributed by atoms with van der Waals surface area (Å²) in [6.45, 7) is 2.91. The molecule has 1 N–H and O–H groups in total. The van der Waals surface area contributed by atoms with Crippen molar-refractivity contribution in [2.75, 3.05) is 19.6 Å². The van der Waals surface area contributed by atoms with Gasteiger partial charge in [0.05, 0.1) is 26.2 Å². The zero-order chi connectivity index (χ0) is 28.7. The van der Waals surface area contributed by atoms with Crippen LogP contribution < -0.4 is 5.32 Å². The number of amides is 1. The Morgan fingerprint density at radius 1 is 0.714 bits per heavy atom. The second-order valence-electron chi connectivity index (χ2n) is 11.0. The van der Waals surface area contributed by atoms with Crippen molar-refractivity contribution in [3.8, 4) is 0 Å². The Morgan fingerprint density at radius 2 is 1.29 bits per heavy atom. The van der Waals surface area contributed by atoms with Gasteiger partial charge in [-0.15, -0.1) is 0 Å². The molecule has 212 valence electrons. The van der Waals surface area contributed by atoms with E-state index in [9.17, 15) is 9.00 Å². The summed E-state index contributed by atoms with van der Waals surface area (Å²) >= 11 is 0. The SMILES string of the molecule is O=C(NC1CCN(CCC(c2ccccc2)c2ccccc2)CC1)c1ccccc1S(=O)c1cccc2ccccc12. The van der Waals surface area contributed by atoms with Crippen molar-refractivity contribution in [3.05, 3.63) is 144 Å². The molecule has 1 atom stereocenters. The predicted molar refractivity (Wildman–Crippen MR) is 171 cm³/mol. The van der Waals surface area contributed by atoms with E-state index < -0.39 is 10.8 Å². The van der Waals surface area contributed by atoms with Crippen molar-refractivity contribution in [2.45, 2.75) is 41.0 Å². The summed E-state index contributed by atoms with van der Waals surface area (Å²) in [5.74, 6) is 0.217. The molecule has 4 nitrogen and oxygen atoms in total. The van der Waals surface area contributed by atoms with Crippen LogP contribution in [-0.2, 0) is 10.8 Å². The molecule has 0 aromatic heterocycles. The number of likely N-dealkylation sites (tertiary alicyclic amines) is 1. The zero-order valence-electron chi connectivity index (χ0n) is 23.7. The van der Waals surface area contributed by atoms with Crippen LogP contribution in [0.3, 0.4) is 0 Å². The highest BCUT2D eigenvalue weighted by Gasteiger charge is 2.25. The Kier molecular flexibility index (Phi) is 8.88. The van der Waals surface area contributed by atoms with E-state index in [4.69, 9.17) is 0 Å². The first-order valence-corrected chi connectivity index (χ1v) is 15.9. The molecule has 1 heterocycles. The minimum absolute atomic E-state index is 0.104. The maximum Gasteiger partial charge on any atom is 0.252 e. The van der Waals surface area contributed by atoms with Gasteiger partial charge in [-0.05, 0) is 65.9 Å². The van der Waals surface area contributed by atoms with Crippen LogP contribution in [0.4, 0.5) is 0 Å². The van der Waals surface area contributed by atoms with E-state index in [0.717, 1.165) is 54.6 Å². The molecule has 1 amide bonds. The van der Waals surface area contributed by atoms with Gasteiger partial charge < -0.3 is 10.2 Å². The van der Waals surface area contributed by atoms with Gasteiger partial charge in [-0.1, -0.05) is 109 Å². The van der Waals surface area contributed by atoms with Crippen LogP contribution in [0.5, 0.6) is 0 Å². The number of carbonyl (C=O) groups is 1. The molecular formula is C37H36N2O2S. The van der Waals surface area contributed by atoms with Gasteiger partial charge in [-0.3, -0.25) is 4.79 Å². The lowest BCUT2D eigenvalue weighted by Gasteiger charge is -2.33. The van der Waals surface area contributed by atoms with E-state index in [0.29, 0.717) is 16.4 Å². The molecule has 1 unspecified atom stereocenters. The van der Waals surface area contributed by atoms with Gasteiger partial charge in [-0.25, -0.2) is 4.21 Å². The van der Waals surface area contributed by atoms with Gasteiger partial charge in [0.15, 0.2) is 0 Å². The van der Waals surface area contributed by atoms with Crippen LogP contribution in [0.1, 0.15) is 46.7 Å². The van der Waals surface area contributed by atoms with Gasteiger partial charge in [0, 0.05) is 25.0 Å². The first-order valence-electron chi connectivity index (χ1n) is 14.8. The van der Waals surface area contributed by atoms with Crippen molar-refractivity contribution in [1.29, 1.82) is 0 Å². The summed E-state index contributed by atoms with van der Waals surface area (Å²) in [4.78, 5) is 17.3. The van der Waals surface area contributed by atoms with Crippen LogP contribution in [-0.4, -0.2) is 40.7 Å². The van der Waals surface area contributed by atoms with Gasteiger partial charge >= 0.3 is 0 Å². The fourth-order valence-corrected chi connectivity index (χ4v) is 7.45. The lowest BCUT2D eigenvalue weighted by atomic mass is 9.88. The molecule has 1 aliphatic heterocycles. The van der Waals surface area contributed by atoms with Gasteiger partial charge in [-0.2, -0.15) is 0 Å². The third-order valence-electron chi connectivity index (χ3n) is 8.34. The molecule has 5 heteroatoms. The fraction of sp³-hybridized carbons (Fsp3) is 0.216. The third kappa shape index (κ3) is 6.38. The lowest BCUT2D eigenvalue weighted by molar-refractivity contribution is 0.0907. The maximum absolute atomic E-state index is 13.8. The Bertz CT molecular complexity index is 1620. The summed E-state index contributed by atoms with van der Waals surface area (Å²) < 4.78 is 13.8. The zero-order valence-corrected chi connectivity index (χ0v) is 24.5. The van der Waals surface area contributed by atoms with Crippen LogP contribution in [0, 0.1) is 0 Å². The number of nitrogens with one attached hydrogen (secondary N) is 1. The van der Waals surface area contributed by atoms with E-state index in [-0.39, 0.29) is 11.9 Å². The largest absolute Gasteiger partial charge is 0.349 e. The maximum atomic E-state index is 13.8. The molecule has 5 aromatic rings. The molecule has 0 radical (unpaired) electrons. The molecule has 5 aromatic carbocycles. The second-order valence-corrected chi connectivity index (χ2v) is 12.4. The van der Waals surface area contributed by atoms with Crippen LogP contribution in [0.2, 0.25) is 0 Å². The third-order valence-corrected chi connectivity index (χ3v) is 9.85. The monoisotopic (exact) mass is 572 g/mol. The predicted octanol–water partition coefficient (Wildman–Crippen LogP) is 7.42. The highest BCUT2D eigenvalue weighted by atomic mass is 32.2. The average molecular weight is 573 g/mol. The van der Waals surface area contributed by atoms with Crippen molar-refractivity contribution in [3.63, 3.8) is 0 Å². The highest BCUT2D eigenvalue weighted by Crippen LogP contribution is 2.29. The van der Waals surface area contributed by atoms with Crippen molar-refractivity contribution in [2.24, 2.45) is 0 Å². The lowest BCUT2D eigenvalue weighted by Crippen LogP contribution is -2.45. The van der Waals surface area contributed by atoms with E-state index in [2.05, 4.69) is 70.9 Å². The standard InChI is InChI=1S/C37H36N2O2S/c40-37(34-19-9-10-20-36(34)42(41)35-21-11-17-30-16-7-8-18-33(30)35)38-31-22-25-39(26-23-31)27-24-32(28-12-3-1-4-13-28)29-14-5-2-6-15-29/h1-21,31-32H,22-27H2,(H,38,40). The summed E-state index contributed by atoms with van der Waals surface area (Å²) in [6.07, 6.45) is 2.86. The molecule has 0 spiro atoms. The molecule has 0 bridgehead atoms. The Balaban J connectivity index is 1.08. The highest BCUT2D eigenvalue weighted by molar-refractivity contribution is 7.85. The van der Waals surface area contributed by atoms with Gasteiger partial charge in [0.1, 0.15) is 0 Å².